The molecule has 0 aliphatic heterocycles. The Morgan fingerprint density at radius 2 is 1.94 bits per heavy atom. The minimum absolute atomic E-state index is 0.295. The van der Waals surface area contributed by atoms with Crippen LogP contribution in [0.3, 0.4) is 0 Å². The monoisotopic (exact) mass is 240 g/mol. The molecule has 0 unspecified atom stereocenters. The number of nitrogens with one attached hydrogen (secondary N) is 3. The predicted molar refractivity (Wildman–Crippen MR) is 63.2 cm³/mol. The molecule has 0 spiro atoms. The van der Waals surface area contributed by atoms with E-state index in [2.05, 4.69) is 15.0 Å². The Morgan fingerprint density at radius 3 is 2.56 bits per heavy atom. The summed E-state index contributed by atoms with van der Waals surface area (Å²) in [6.07, 6.45) is 0. The van der Waals surface area contributed by atoms with Crippen LogP contribution in [0.1, 0.15) is 13.8 Å². The van der Waals surface area contributed by atoms with Crippen LogP contribution in [0.2, 0.25) is 0 Å². The van der Waals surface area contributed by atoms with E-state index in [0.29, 0.717) is 28.4 Å². The Bertz CT molecular complexity index is 688. The van der Waals surface area contributed by atoms with Crippen LogP contribution in [0.25, 0.3) is 11.2 Å². The number of rotatable bonds is 2. The summed E-state index contributed by atoms with van der Waals surface area (Å²) in [6, 6.07) is 0. The van der Waals surface area contributed by atoms with Gasteiger partial charge in [-0.1, -0.05) is 13.8 Å². The van der Waals surface area contributed by atoms with E-state index in [9.17, 15) is 9.59 Å². The molecule has 0 bridgehead atoms. The maximum absolute atomic E-state index is 11.6. The van der Waals surface area contributed by atoms with Crippen LogP contribution in [0.5, 0.6) is 0 Å². The van der Waals surface area contributed by atoms with Crippen molar-refractivity contribution >= 4 is 23.4 Å². The minimum atomic E-state index is -0.452. The highest BCUT2D eigenvalue weighted by Crippen LogP contribution is 2.04. The summed E-state index contributed by atoms with van der Waals surface area (Å²) in [7, 11) is 0. The molecule has 0 aromatic carbocycles. The summed E-state index contributed by atoms with van der Waals surface area (Å²) in [5, 5.41) is 0. The second kappa shape index (κ2) is 3.75. The predicted octanol–water partition coefficient (Wildman–Crippen LogP) is 0.731. The zero-order chi connectivity index (χ0) is 11.9. The molecule has 0 amide bonds. The van der Waals surface area contributed by atoms with E-state index < -0.39 is 11.2 Å². The van der Waals surface area contributed by atoms with E-state index in [4.69, 9.17) is 12.2 Å². The summed E-state index contributed by atoms with van der Waals surface area (Å²) in [5.41, 5.74) is -0.110. The van der Waals surface area contributed by atoms with Crippen molar-refractivity contribution in [2.75, 3.05) is 0 Å². The van der Waals surface area contributed by atoms with Gasteiger partial charge in [0.1, 0.15) is 11.2 Å². The lowest BCUT2D eigenvalue weighted by molar-refractivity contribution is 0.513. The average Bonchev–Trinajstić information content (AvgIpc) is 2.54. The maximum Gasteiger partial charge on any atom is 0.330 e. The molecule has 0 saturated carbocycles. The Kier molecular flexibility index (Phi) is 2.55. The average molecular weight is 240 g/mol. The van der Waals surface area contributed by atoms with Gasteiger partial charge in [0.2, 0.25) is 0 Å². The number of hydrogen-bond acceptors (Lipinski definition) is 3. The third-order valence-electron chi connectivity index (χ3n) is 2.22. The third-order valence-corrected chi connectivity index (χ3v) is 2.42. The van der Waals surface area contributed by atoms with Gasteiger partial charge in [0.25, 0.3) is 5.56 Å². The van der Waals surface area contributed by atoms with E-state index in [1.807, 2.05) is 13.8 Å². The van der Waals surface area contributed by atoms with Crippen LogP contribution in [-0.4, -0.2) is 19.5 Å². The maximum atomic E-state index is 11.6. The SMILES string of the molecule is CC(C)Cn1c(=O)[nH]c(=O)c2[nH]c(=S)[nH]c21. The second-order valence-corrected chi connectivity index (χ2v) is 4.47. The number of aromatic amines is 3. The molecule has 2 heterocycles. The quantitative estimate of drug-likeness (QED) is 0.676. The molecule has 0 fully saturated rings. The summed E-state index contributed by atoms with van der Waals surface area (Å²) in [4.78, 5) is 30.9. The molecule has 0 aliphatic rings. The molecule has 7 heteroatoms. The van der Waals surface area contributed by atoms with Crippen molar-refractivity contribution in [1.29, 1.82) is 0 Å². The fraction of sp³-hybridized carbons (Fsp3) is 0.444. The fourth-order valence-corrected chi connectivity index (χ4v) is 1.81. The number of fused-ring (bicyclic) bond motifs is 1. The van der Waals surface area contributed by atoms with Crippen LogP contribution in [0.4, 0.5) is 0 Å². The van der Waals surface area contributed by atoms with Gasteiger partial charge >= 0.3 is 5.69 Å². The van der Waals surface area contributed by atoms with Crippen molar-refractivity contribution in [3.05, 3.63) is 25.6 Å². The highest BCUT2D eigenvalue weighted by atomic mass is 32.1. The van der Waals surface area contributed by atoms with Crippen LogP contribution >= 0.6 is 12.2 Å². The lowest BCUT2D eigenvalue weighted by atomic mass is 10.2. The molecule has 0 saturated heterocycles. The molecule has 0 atom stereocenters. The lowest BCUT2D eigenvalue weighted by Gasteiger charge is -2.08. The molecule has 0 radical (unpaired) electrons. The number of hydrogen-bond donors (Lipinski definition) is 3. The van der Waals surface area contributed by atoms with Gasteiger partial charge in [0, 0.05) is 6.54 Å². The Morgan fingerprint density at radius 1 is 1.25 bits per heavy atom. The normalized spacial score (nSPS) is 11.4. The first kappa shape index (κ1) is 10.9. The smallest absolute Gasteiger partial charge is 0.325 e. The molecule has 16 heavy (non-hydrogen) atoms. The number of aromatic nitrogens is 4. The summed E-state index contributed by atoms with van der Waals surface area (Å²) < 4.78 is 1.82. The molecular weight excluding hydrogens is 228 g/mol. The molecule has 86 valence electrons. The van der Waals surface area contributed by atoms with Crippen LogP contribution in [0, 0.1) is 10.7 Å². The third kappa shape index (κ3) is 1.73. The second-order valence-electron chi connectivity index (χ2n) is 4.07. The summed E-state index contributed by atoms with van der Waals surface area (Å²) in [5.74, 6) is 0.295. The van der Waals surface area contributed by atoms with E-state index in [1.54, 1.807) is 0 Å². The Hall–Kier alpha value is -1.63. The fourth-order valence-electron chi connectivity index (χ4n) is 1.61. The summed E-state index contributed by atoms with van der Waals surface area (Å²) in [6.45, 7) is 4.50. The van der Waals surface area contributed by atoms with Gasteiger partial charge in [-0.3, -0.25) is 14.3 Å². The first-order valence-corrected chi connectivity index (χ1v) is 5.35. The summed E-state index contributed by atoms with van der Waals surface area (Å²) >= 11 is 4.91. The number of H-pyrrole nitrogens is 3. The first-order chi connectivity index (χ1) is 7.49. The molecule has 2 aromatic heterocycles. The van der Waals surface area contributed by atoms with E-state index in [0.717, 1.165) is 0 Å². The van der Waals surface area contributed by atoms with Crippen LogP contribution < -0.4 is 11.2 Å². The zero-order valence-electron chi connectivity index (χ0n) is 8.96. The molecule has 3 N–H and O–H groups in total. The van der Waals surface area contributed by atoms with Crippen molar-refractivity contribution in [1.82, 2.24) is 19.5 Å². The minimum Gasteiger partial charge on any atom is -0.325 e. The van der Waals surface area contributed by atoms with Gasteiger partial charge in [-0.2, -0.15) is 0 Å². The topological polar surface area (TPSA) is 86.4 Å². The highest BCUT2D eigenvalue weighted by Gasteiger charge is 2.10. The molecular formula is C9H12N4O2S. The molecule has 0 aliphatic carbocycles. The van der Waals surface area contributed by atoms with Crippen molar-refractivity contribution in [3.63, 3.8) is 0 Å². The van der Waals surface area contributed by atoms with E-state index in [1.165, 1.54) is 4.57 Å². The van der Waals surface area contributed by atoms with Crippen molar-refractivity contribution < 1.29 is 0 Å². The van der Waals surface area contributed by atoms with Gasteiger partial charge in [0.05, 0.1) is 0 Å². The Balaban J connectivity index is 2.86. The van der Waals surface area contributed by atoms with Gasteiger partial charge in [-0.05, 0) is 18.1 Å². The van der Waals surface area contributed by atoms with Crippen molar-refractivity contribution in [2.24, 2.45) is 5.92 Å². The van der Waals surface area contributed by atoms with Gasteiger partial charge in [0.15, 0.2) is 4.77 Å². The number of nitrogens with zero attached hydrogens (tertiary/aromatic N) is 1. The Labute approximate surface area is 95.3 Å². The van der Waals surface area contributed by atoms with Gasteiger partial charge < -0.3 is 9.97 Å². The lowest BCUT2D eigenvalue weighted by Crippen LogP contribution is -2.31. The number of imidazole rings is 1. The van der Waals surface area contributed by atoms with Gasteiger partial charge in [-0.15, -0.1) is 0 Å². The molecule has 2 aromatic rings. The van der Waals surface area contributed by atoms with Crippen molar-refractivity contribution in [2.45, 2.75) is 20.4 Å². The van der Waals surface area contributed by atoms with E-state index >= 15 is 0 Å². The highest BCUT2D eigenvalue weighted by molar-refractivity contribution is 7.71. The van der Waals surface area contributed by atoms with Crippen LogP contribution in [-0.2, 0) is 6.54 Å². The van der Waals surface area contributed by atoms with Crippen LogP contribution in [0.15, 0.2) is 9.59 Å². The van der Waals surface area contributed by atoms with E-state index in [-0.39, 0.29) is 0 Å². The molecule has 6 nitrogen and oxygen atoms in total. The first-order valence-electron chi connectivity index (χ1n) is 4.94. The van der Waals surface area contributed by atoms with Crippen molar-refractivity contribution in [3.8, 4) is 0 Å². The largest absolute Gasteiger partial charge is 0.330 e. The van der Waals surface area contributed by atoms with Gasteiger partial charge in [-0.25, -0.2) is 4.79 Å². The molecule has 2 rings (SSSR count). The zero-order valence-corrected chi connectivity index (χ0v) is 9.77. The standard InChI is InChI=1S/C9H12N4O2S/c1-4(2)3-13-6-5(10-8(16)11-6)7(14)12-9(13)15/h4H,3H2,1-2H3,(H2,10,11,16)(H,12,14,15).